The molecule has 7 nitrogen and oxygen atoms in total. The van der Waals surface area contributed by atoms with Gasteiger partial charge < -0.3 is 29.0 Å². The van der Waals surface area contributed by atoms with Crippen LogP contribution in [0.15, 0.2) is 0 Å². The number of nitrogens with zero attached hydrogens (tertiary/aromatic N) is 2. The Labute approximate surface area is 152 Å². The Morgan fingerprint density at radius 1 is 1.00 bits per heavy atom. The minimum atomic E-state index is -0.263. The number of hydrogen-bond acceptors (Lipinski definition) is 7. The van der Waals surface area contributed by atoms with E-state index in [1.807, 2.05) is 0 Å². The Bertz CT molecular complexity index is 358. The summed E-state index contributed by atoms with van der Waals surface area (Å²) in [5, 5.41) is 10.3. The van der Waals surface area contributed by atoms with Crippen LogP contribution >= 0.6 is 0 Å². The van der Waals surface area contributed by atoms with Gasteiger partial charge in [0.15, 0.2) is 12.6 Å². The number of piperidine rings is 1. The van der Waals surface area contributed by atoms with Crippen molar-refractivity contribution in [2.75, 3.05) is 67.7 Å². The molecule has 1 aliphatic carbocycles. The molecule has 1 spiro atoms. The minimum Gasteiger partial charge on any atom is -0.391 e. The van der Waals surface area contributed by atoms with Crippen LogP contribution in [-0.4, -0.2) is 101 Å². The van der Waals surface area contributed by atoms with E-state index >= 15 is 0 Å². The normalized spacial score (nSPS) is 23.3. The molecular weight excluding hydrogens is 324 g/mol. The van der Waals surface area contributed by atoms with Crippen LogP contribution in [-0.2, 0) is 18.9 Å². The van der Waals surface area contributed by atoms with Gasteiger partial charge in [0.2, 0.25) is 0 Å². The molecule has 1 saturated heterocycles. The first-order valence-electron chi connectivity index (χ1n) is 9.31. The first-order chi connectivity index (χ1) is 12.1. The van der Waals surface area contributed by atoms with Gasteiger partial charge in [0.05, 0.1) is 6.10 Å². The number of hydrogen-bond donors (Lipinski definition) is 1. The summed E-state index contributed by atoms with van der Waals surface area (Å²) in [6.45, 7) is 5.17. The largest absolute Gasteiger partial charge is 0.391 e. The van der Waals surface area contributed by atoms with E-state index in [2.05, 4.69) is 9.80 Å². The lowest BCUT2D eigenvalue weighted by molar-refractivity contribution is -0.144. The number of likely N-dealkylation sites (tertiary alicyclic amines) is 1. The Balaban J connectivity index is 1.75. The Morgan fingerprint density at radius 2 is 1.56 bits per heavy atom. The fourth-order valence-corrected chi connectivity index (χ4v) is 3.71. The number of rotatable bonds is 12. The third-order valence-electron chi connectivity index (χ3n) is 5.77. The first-order valence-corrected chi connectivity index (χ1v) is 9.31. The smallest absolute Gasteiger partial charge is 0.169 e. The highest BCUT2D eigenvalue weighted by Gasteiger charge is 2.50. The molecule has 0 aromatic carbocycles. The van der Waals surface area contributed by atoms with Crippen molar-refractivity contribution in [1.82, 2.24) is 9.80 Å². The predicted octanol–water partition coefficient (Wildman–Crippen LogP) is 0.763. The molecule has 0 radical (unpaired) electrons. The average molecular weight is 360 g/mol. The molecule has 25 heavy (non-hydrogen) atoms. The minimum absolute atomic E-state index is 0.143. The molecule has 2 rings (SSSR count). The molecule has 1 saturated carbocycles. The van der Waals surface area contributed by atoms with Crippen molar-refractivity contribution >= 4 is 0 Å². The van der Waals surface area contributed by atoms with Crippen LogP contribution in [0.3, 0.4) is 0 Å². The summed E-state index contributed by atoms with van der Waals surface area (Å²) < 4.78 is 21.3. The molecule has 0 aromatic rings. The Kier molecular flexibility index (Phi) is 8.54. The summed E-state index contributed by atoms with van der Waals surface area (Å²) in [6.07, 6.45) is 3.92. The van der Waals surface area contributed by atoms with Crippen LogP contribution in [0.1, 0.15) is 25.7 Å². The van der Waals surface area contributed by atoms with Gasteiger partial charge in [-0.25, -0.2) is 0 Å². The Hall–Kier alpha value is -0.280. The standard InChI is InChI=1S/C18H36N2O5/c1-22-16(23-2)13-20(14-17(24-3)25-4)10-5-9-19-11-8-18(6-7-18)15(21)12-19/h15-17,21H,5-14H2,1-4H3. The topological polar surface area (TPSA) is 63.6 Å². The molecule has 1 N–H and O–H groups in total. The molecule has 1 atom stereocenters. The number of β-amino-alcohol motifs (C(OH)–C–C–N with tert-alkyl or cyclic N) is 1. The van der Waals surface area contributed by atoms with Gasteiger partial charge in [-0.15, -0.1) is 0 Å². The lowest BCUT2D eigenvalue weighted by Crippen LogP contribution is -2.46. The summed E-state index contributed by atoms with van der Waals surface area (Å²) in [5.74, 6) is 0. The van der Waals surface area contributed by atoms with Crippen LogP contribution < -0.4 is 0 Å². The van der Waals surface area contributed by atoms with Gasteiger partial charge >= 0.3 is 0 Å². The zero-order valence-corrected chi connectivity index (χ0v) is 16.3. The lowest BCUT2D eigenvalue weighted by atomic mass is 9.90. The molecule has 1 heterocycles. The van der Waals surface area contributed by atoms with E-state index in [4.69, 9.17) is 18.9 Å². The second kappa shape index (κ2) is 10.2. The molecule has 0 aromatic heterocycles. The molecular formula is C18H36N2O5. The highest BCUT2D eigenvalue weighted by atomic mass is 16.7. The van der Waals surface area contributed by atoms with Gasteiger partial charge in [0, 0.05) is 48.1 Å². The predicted molar refractivity (Wildman–Crippen MR) is 95.4 cm³/mol. The van der Waals surface area contributed by atoms with E-state index in [0.29, 0.717) is 13.1 Å². The van der Waals surface area contributed by atoms with Crippen molar-refractivity contribution in [3.05, 3.63) is 0 Å². The molecule has 1 aliphatic heterocycles. The summed E-state index contributed by atoms with van der Waals surface area (Å²) in [5.41, 5.74) is 0.275. The number of methoxy groups -OCH3 is 4. The zero-order valence-electron chi connectivity index (χ0n) is 16.3. The van der Waals surface area contributed by atoms with Crippen molar-refractivity contribution in [3.63, 3.8) is 0 Å². The van der Waals surface area contributed by atoms with Crippen LogP contribution in [0, 0.1) is 5.41 Å². The maximum Gasteiger partial charge on any atom is 0.169 e. The molecule has 148 valence electrons. The van der Waals surface area contributed by atoms with E-state index in [1.54, 1.807) is 28.4 Å². The van der Waals surface area contributed by atoms with E-state index < -0.39 is 0 Å². The summed E-state index contributed by atoms with van der Waals surface area (Å²) in [6, 6.07) is 0. The molecule has 0 bridgehead atoms. The fraction of sp³-hybridized carbons (Fsp3) is 1.00. The van der Waals surface area contributed by atoms with Gasteiger partial charge in [-0.2, -0.15) is 0 Å². The second-order valence-electron chi connectivity index (χ2n) is 7.34. The first kappa shape index (κ1) is 21.0. The maximum atomic E-state index is 10.3. The number of aliphatic hydroxyl groups excluding tert-OH is 1. The van der Waals surface area contributed by atoms with Crippen LogP contribution in [0.4, 0.5) is 0 Å². The number of aliphatic hydroxyl groups is 1. The summed E-state index contributed by atoms with van der Waals surface area (Å²) in [4.78, 5) is 4.64. The molecule has 0 amide bonds. The average Bonchev–Trinajstić information content (AvgIpc) is 3.41. The van der Waals surface area contributed by atoms with Crippen LogP contribution in [0.25, 0.3) is 0 Å². The van der Waals surface area contributed by atoms with Crippen molar-refractivity contribution in [2.45, 2.75) is 44.4 Å². The molecule has 7 heteroatoms. The van der Waals surface area contributed by atoms with Gasteiger partial charge in [-0.05, 0) is 50.7 Å². The van der Waals surface area contributed by atoms with Crippen molar-refractivity contribution in [2.24, 2.45) is 5.41 Å². The van der Waals surface area contributed by atoms with Crippen molar-refractivity contribution < 1.29 is 24.1 Å². The van der Waals surface area contributed by atoms with Crippen molar-refractivity contribution in [3.8, 4) is 0 Å². The molecule has 1 unspecified atom stereocenters. The van der Waals surface area contributed by atoms with Crippen LogP contribution in [0.2, 0.25) is 0 Å². The van der Waals surface area contributed by atoms with Gasteiger partial charge in [0.25, 0.3) is 0 Å². The van der Waals surface area contributed by atoms with Gasteiger partial charge in [0.1, 0.15) is 0 Å². The highest BCUT2D eigenvalue weighted by Crippen LogP contribution is 2.53. The molecule has 2 fully saturated rings. The fourth-order valence-electron chi connectivity index (χ4n) is 3.71. The third kappa shape index (κ3) is 6.13. The van der Waals surface area contributed by atoms with E-state index in [0.717, 1.165) is 39.0 Å². The molecule has 2 aliphatic rings. The summed E-state index contributed by atoms with van der Waals surface area (Å²) in [7, 11) is 6.61. The van der Waals surface area contributed by atoms with Gasteiger partial charge in [-0.3, -0.25) is 4.90 Å². The zero-order chi connectivity index (χ0) is 18.3. The van der Waals surface area contributed by atoms with Gasteiger partial charge in [-0.1, -0.05) is 0 Å². The third-order valence-corrected chi connectivity index (χ3v) is 5.77. The van der Waals surface area contributed by atoms with Crippen LogP contribution in [0.5, 0.6) is 0 Å². The SMILES string of the molecule is COC(CN(CCCN1CCC2(CC2)C(O)C1)CC(OC)OC)OC. The van der Waals surface area contributed by atoms with Crippen molar-refractivity contribution in [1.29, 1.82) is 0 Å². The van der Waals surface area contributed by atoms with E-state index in [1.165, 1.54) is 12.8 Å². The highest BCUT2D eigenvalue weighted by molar-refractivity contribution is 5.02. The van der Waals surface area contributed by atoms with E-state index in [9.17, 15) is 5.11 Å². The van der Waals surface area contributed by atoms with E-state index in [-0.39, 0.29) is 24.1 Å². The quantitative estimate of drug-likeness (QED) is 0.516. The summed E-state index contributed by atoms with van der Waals surface area (Å²) >= 11 is 0. The maximum absolute atomic E-state index is 10.3. The second-order valence-corrected chi connectivity index (χ2v) is 7.34. The number of ether oxygens (including phenoxy) is 4. The lowest BCUT2D eigenvalue weighted by Gasteiger charge is -2.37. The Morgan fingerprint density at radius 3 is 2.00 bits per heavy atom. The monoisotopic (exact) mass is 360 g/mol.